The van der Waals surface area contributed by atoms with Crippen molar-refractivity contribution in [2.45, 2.75) is 19.8 Å². The molecule has 2 aliphatic carbocycles. The molecule has 0 bridgehead atoms. The van der Waals surface area contributed by atoms with Crippen LogP contribution < -0.4 is 0 Å². The van der Waals surface area contributed by atoms with E-state index in [1.165, 1.54) is 22.3 Å². The Kier molecular flexibility index (Phi) is 2.68. The van der Waals surface area contributed by atoms with Gasteiger partial charge in [0.2, 0.25) is 0 Å². The van der Waals surface area contributed by atoms with E-state index in [0.29, 0.717) is 11.8 Å². The van der Waals surface area contributed by atoms with E-state index in [4.69, 9.17) is 0 Å². The van der Waals surface area contributed by atoms with Gasteiger partial charge in [0, 0.05) is 11.8 Å². The summed E-state index contributed by atoms with van der Waals surface area (Å²) < 4.78 is 0. The minimum atomic E-state index is 0.173. The first kappa shape index (κ1) is 12.6. The van der Waals surface area contributed by atoms with E-state index in [0.717, 1.165) is 0 Å². The van der Waals surface area contributed by atoms with E-state index in [1.54, 1.807) is 0 Å². The Balaban J connectivity index is 1.93. The highest BCUT2D eigenvalue weighted by atomic mass is 14.4. The van der Waals surface area contributed by atoms with Gasteiger partial charge in [-0.1, -0.05) is 86.7 Å². The van der Waals surface area contributed by atoms with Crippen molar-refractivity contribution < 1.29 is 0 Å². The van der Waals surface area contributed by atoms with Gasteiger partial charge in [0.25, 0.3) is 0 Å². The topological polar surface area (TPSA) is 0 Å². The van der Waals surface area contributed by atoms with E-state index >= 15 is 0 Å². The SMILES string of the molecule is CC(C)(C1C=CC=C1)C1c2ccccc2-c2ccccc21. The number of hydrogen-bond donors (Lipinski definition) is 0. The van der Waals surface area contributed by atoms with Crippen LogP contribution in [0.5, 0.6) is 0 Å². The maximum absolute atomic E-state index is 2.40. The smallest absolute Gasteiger partial charge is 0.0161 e. The highest BCUT2D eigenvalue weighted by Crippen LogP contribution is 2.55. The van der Waals surface area contributed by atoms with E-state index in [9.17, 15) is 0 Å². The number of hydrogen-bond acceptors (Lipinski definition) is 0. The molecule has 104 valence electrons. The Labute approximate surface area is 126 Å². The van der Waals surface area contributed by atoms with Crippen LogP contribution >= 0.6 is 0 Å². The third-order valence-corrected chi connectivity index (χ3v) is 5.18. The number of benzene rings is 2. The van der Waals surface area contributed by atoms with E-state index < -0.39 is 0 Å². The van der Waals surface area contributed by atoms with E-state index in [1.807, 2.05) is 0 Å². The summed E-state index contributed by atoms with van der Waals surface area (Å²) in [6.07, 6.45) is 9.03. The van der Waals surface area contributed by atoms with Crippen molar-refractivity contribution in [2.24, 2.45) is 11.3 Å². The Bertz CT molecular complexity index is 689. The van der Waals surface area contributed by atoms with Gasteiger partial charge in [-0.3, -0.25) is 0 Å². The molecule has 2 aliphatic rings. The number of allylic oxidation sites excluding steroid dienone is 4. The van der Waals surface area contributed by atoms with Crippen LogP contribution in [-0.2, 0) is 0 Å². The minimum Gasteiger partial charge on any atom is -0.0771 e. The molecule has 21 heavy (non-hydrogen) atoms. The van der Waals surface area contributed by atoms with E-state index in [2.05, 4.69) is 86.7 Å². The molecular formula is C21H20. The van der Waals surface area contributed by atoms with Gasteiger partial charge in [0.05, 0.1) is 0 Å². The Hall–Kier alpha value is -2.08. The van der Waals surface area contributed by atoms with Crippen LogP contribution in [0.1, 0.15) is 30.9 Å². The summed E-state index contributed by atoms with van der Waals surface area (Å²) in [5.74, 6) is 0.962. The fraction of sp³-hybridized carbons (Fsp3) is 0.238. The Morgan fingerprint density at radius 2 is 1.19 bits per heavy atom. The summed E-state index contributed by atoms with van der Waals surface area (Å²) in [6, 6.07) is 17.8. The number of fused-ring (bicyclic) bond motifs is 3. The van der Waals surface area contributed by atoms with Crippen LogP contribution in [0.15, 0.2) is 72.8 Å². The predicted molar refractivity (Wildman–Crippen MR) is 89.3 cm³/mol. The molecule has 0 N–H and O–H groups in total. The third-order valence-electron chi connectivity index (χ3n) is 5.18. The summed E-state index contributed by atoms with van der Waals surface area (Å²) in [5.41, 5.74) is 5.97. The van der Waals surface area contributed by atoms with Gasteiger partial charge < -0.3 is 0 Å². The quantitative estimate of drug-likeness (QED) is 0.670. The Morgan fingerprint density at radius 3 is 1.71 bits per heavy atom. The van der Waals surface area contributed by atoms with Crippen molar-refractivity contribution >= 4 is 0 Å². The monoisotopic (exact) mass is 272 g/mol. The maximum atomic E-state index is 2.40. The summed E-state index contributed by atoms with van der Waals surface area (Å²) in [5, 5.41) is 0. The summed E-state index contributed by atoms with van der Waals surface area (Å²) in [4.78, 5) is 0. The zero-order chi connectivity index (χ0) is 14.4. The molecule has 0 aliphatic heterocycles. The lowest BCUT2D eigenvalue weighted by Crippen LogP contribution is -2.28. The van der Waals surface area contributed by atoms with Gasteiger partial charge in [0.1, 0.15) is 0 Å². The van der Waals surface area contributed by atoms with Gasteiger partial charge in [-0.2, -0.15) is 0 Å². The van der Waals surface area contributed by atoms with Crippen LogP contribution in [0.4, 0.5) is 0 Å². The first-order valence-corrected chi connectivity index (χ1v) is 7.73. The molecule has 0 unspecified atom stereocenters. The average molecular weight is 272 g/mol. The van der Waals surface area contributed by atoms with Gasteiger partial charge >= 0.3 is 0 Å². The second-order valence-electron chi connectivity index (χ2n) is 6.72. The first-order valence-electron chi connectivity index (χ1n) is 7.73. The second-order valence-corrected chi connectivity index (χ2v) is 6.72. The molecule has 2 aromatic rings. The van der Waals surface area contributed by atoms with Crippen LogP contribution in [0.3, 0.4) is 0 Å². The lowest BCUT2D eigenvalue weighted by molar-refractivity contribution is 0.267. The normalized spacial score (nSPS) is 17.2. The average Bonchev–Trinajstić information content (AvgIpc) is 3.14. The van der Waals surface area contributed by atoms with Crippen molar-refractivity contribution in [3.8, 4) is 11.1 Å². The third kappa shape index (κ3) is 1.75. The molecule has 0 aromatic heterocycles. The molecule has 0 radical (unpaired) electrons. The van der Waals surface area contributed by atoms with E-state index in [-0.39, 0.29) is 5.41 Å². The Morgan fingerprint density at radius 1 is 0.714 bits per heavy atom. The fourth-order valence-corrected chi connectivity index (χ4v) is 4.08. The second kappa shape index (κ2) is 4.46. The van der Waals surface area contributed by atoms with Crippen molar-refractivity contribution in [3.63, 3.8) is 0 Å². The zero-order valence-corrected chi connectivity index (χ0v) is 12.6. The zero-order valence-electron chi connectivity index (χ0n) is 12.6. The highest BCUT2D eigenvalue weighted by Gasteiger charge is 2.42. The maximum Gasteiger partial charge on any atom is 0.0161 e. The standard InChI is InChI=1S/C21H20/c1-21(2,15-9-3-4-10-15)20-18-13-7-5-11-16(18)17-12-6-8-14-19(17)20/h3-15,20H,1-2H3. The van der Waals surface area contributed by atoms with Crippen molar-refractivity contribution in [3.05, 3.63) is 84.0 Å². The van der Waals surface area contributed by atoms with Gasteiger partial charge in [-0.15, -0.1) is 0 Å². The summed E-state index contributed by atoms with van der Waals surface area (Å²) in [7, 11) is 0. The van der Waals surface area contributed by atoms with Crippen LogP contribution in [0.25, 0.3) is 11.1 Å². The van der Waals surface area contributed by atoms with Crippen LogP contribution in [-0.4, -0.2) is 0 Å². The lowest BCUT2D eigenvalue weighted by atomic mass is 9.66. The van der Waals surface area contributed by atoms with Crippen LogP contribution in [0, 0.1) is 11.3 Å². The molecular weight excluding hydrogens is 252 g/mol. The van der Waals surface area contributed by atoms with Crippen molar-refractivity contribution in [1.82, 2.24) is 0 Å². The minimum absolute atomic E-state index is 0.173. The van der Waals surface area contributed by atoms with Crippen LogP contribution in [0.2, 0.25) is 0 Å². The summed E-state index contributed by atoms with van der Waals surface area (Å²) >= 11 is 0. The molecule has 4 rings (SSSR count). The predicted octanol–water partition coefficient (Wildman–Crippen LogP) is 5.57. The van der Waals surface area contributed by atoms with Gasteiger partial charge in [-0.05, 0) is 27.7 Å². The number of rotatable bonds is 2. The molecule has 0 saturated heterocycles. The van der Waals surface area contributed by atoms with Gasteiger partial charge in [-0.25, -0.2) is 0 Å². The molecule has 0 nitrogen and oxygen atoms in total. The molecule has 0 heterocycles. The fourth-order valence-electron chi connectivity index (χ4n) is 4.08. The molecule has 0 amide bonds. The molecule has 0 spiro atoms. The lowest BCUT2D eigenvalue weighted by Gasteiger charge is -2.37. The largest absolute Gasteiger partial charge is 0.0771 e. The summed E-state index contributed by atoms with van der Waals surface area (Å²) in [6.45, 7) is 4.81. The molecule has 2 aromatic carbocycles. The molecule has 0 fully saturated rings. The first-order chi connectivity index (χ1) is 10.2. The molecule has 0 atom stereocenters. The van der Waals surface area contributed by atoms with Crippen molar-refractivity contribution in [1.29, 1.82) is 0 Å². The molecule has 0 heteroatoms. The highest BCUT2D eigenvalue weighted by molar-refractivity contribution is 5.79. The van der Waals surface area contributed by atoms with Crippen molar-refractivity contribution in [2.75, 3.05) is 0 Å². The molecule has 0 saturated carbocycles. The van der Waals surface area contributed by atoms with Gasteiger partial charge in [0.15, 0.2) is 0 Å².